The second kappa shape index (κ2) is 6.98. The number of rotatable bonds is 5. The second-order valence-electron chi connectivity index (χ2n) is 6.28. The first kappa shape index (κ1) is 16.3. The van der Waals surface area contributed by atoms with Crippen molar-refractivity contribution in [3.63, 3.8) is 0 Å². The third-order valence-electron chi connectivity index (χ3n) is 4.61. The Labute approximate surface area is 149 Å². The highest BCUT2D eigenvalue weighted by Crippen LogP contribution is 2.27. The zero-order valence-electron chi connectivity index (χ0n) is 13.7. The summed E-state index contributed by atoms with van der Waals surface area (Å²) in [6, 6.07) is 10.2. The molecule has 3 heterocycles. The largest absolute Gasteiger partial charge is 0.468 e. The predicted molar refractivity (Wildman–Crippen MR) is 96.4 cm³/mol. The number of nitrogens with one attached hydrogen (secondary N) is 1. The molecule has 1 saturated heterocycles. The minimum Gasteiger partial charge on any atom is -0.468 e. The molecule has 1 aliphatic heterocycles. The quantitative estimate of drug-likeness (QED) is 0.743. The van der Waals surface area contributed by atoms with E-state index < -0.39 is 0 Å². The van der Waals surface area contributed by atoms with Gasteiger partial charge in [0.15, 0.2) is 0 Å². The maximum Gasteiger partial charge on any atom is 0.261 e. The van der Waals surface area contributed by atoms with Gasteiger partial charge in [-0.25, -0.2) is 4.39 Å². The zero-order valence-corrected chi connectivity index (χ0v) is 14.5. The highest BCUT2D eigenvalue weighted by atomic mass is 32.1. The van der Waals surface area contributed by atoms with Crippen LogP contribution in [0.25, 0.3) is 10.1 Å². The number of hydrogen-bond donors (Lipinski definition) is 1. The summed E-state index contributed by atoms with van der Waals surface area (Å²) in [5.74, 6) is 0.460. The first-order valence-corrected chi connectivity index (χ1v) is 9.27. The molecule has 6 heteroatoms. The zero-order chi connectivity index (χ0) is 17.2. The number of halogens is 1. The van der Waals surface area contributed by atoms with Gasteiger partial charge in [0.05, 0.1) is 17.2 Å². The van der Waals surface area contributed by atoms with E-state index in [1.807, 2.05) is 12.1 Å². The molecule has 130 valence electrons. The fourth-order valence-electron chi connectivity index (χ4n) is 3.35. The SMILES string of the molecule is O=C(NCC(c1ccco1)N1CCCC1)c1cc2cc(F)ccc2s1. The molecule has 1 amide bonds. The molecular formula is C19H19FN2O2S. The molecule has 1 unspecified atom stereocenters. The highest BCUT2D eigenvalue weighted by molar-refractivity contribution is 7.20. The molecule has 0 spiro atoms. The molecule has 1 aliphatic rings. The second-order valence-corrected chi connectivity index (χ2v) is 7.36. The molecule has 1 fully saturated rings. The van der Waals surface area contributed by atoms with Gasteiger partial charge in [0.25, 0.3) is 5.91 Å². The molecule has 25 heavy (non-hydrogen) atoms. The number of likely N-dealkylation sites (tertiary alicyclic amines) is 1. The first-order chi connectivity index (χ1) is 12.2. The van der Waals surface area contributed by atoms with Crippen molar-refractivity contribution in [1.82, 2.24) is 10.2 Å². The molecule has 1 N–H and O–H groups in total. The number of furan rings is 1. The minimum atomic E-state index is -0.288. The molecule has 1 atom stereocenters. The van der Waals surface area contributed by atoms with Crippen molar-refractivity contribution >= 4 is 27.3 Å². The van der Waals surface area contributed by atoms with Crippen molar-refractivity contribution in [2.24, 2.45) is 0 Å². The summed E-state index contributed by atoms with van der Waals surface area (Å²) in [6.45, 7) is 2.53. The van der Waals surface area contributed by atoms with Crippen molar-refractivity contribution in [3.05, 3.63) is 59.1 Å². The average Bonchev–Trinajstić information content (AvgIpc) is 3.36. The molecule has 0 saturated carbocycles. The molecule has 0 aliphatic carbocycles. The lowest BCUT2D eigenvalue weighted by Gasteiger charge is -2.25. The average molecular weight is 358 g/mol. The van der Waals surface area contributed by atoms with Gasteiger partial charge < -0.3 is 9.73 Å². The van der Waals surface area contributed by atoms with Crippen molar-refractivity contribution in [2.45, 2.75) is 18.9 Å². The molecule has 1 aromatic carbocycles. The van der Waals surface area contributed by atoms with Crippen molar-refractivity contribution in [2.75, 3.05) is 19.6 Å². The summed E-state index contributed by atoms with van der Waals surface area (Å²) >= 11 is 1.38. The molecule has 4 rings (SSSR count). The smallest absolute Gasteiger partial charge is 0.261 e. The predicted octanol–water partition coefficient (Wildman–Crippen LogP) is 4.20. The van der Waals surface area contributed by atoms with Gasteiger partial charge in [-0.05, 0) is 67.7 Å². The Morgan fingerprint density at radius 1 is 1.28 bits per heavy atom. The van der Waals surface area contributed by atoms with Crippen molar-refractivity contribution in [3.8, 4) is 0 Å². The lowest BCUT2D eigenvalue weighted by Crippen LogP contribution is -2.36. The third kappa shape index (κ3) is 3.45. The number of carbonyl (C=O) groups is 1. The summed E-state index contributed by atoms with van der Waals surface area (Å²) in [5, 5.41) is 3.78. The van der Waals surface area contributed by atoms with E-state index in [9.17, 15) is 9.18 Å². The normalized spacial score (nSPS) is 16.4. The monoisotopic (exact) mass is 358 g/mol. The number of hydrogen-bond acceptors (Lipinski definition) is 4. The summed E-state index contributed by atoms with van der Waals surface area (Å²) in [5.41, 5.74) is 0. The fraction of sp³-hybridized carbons (Fsp3) is 0.316. The highest BCUT2D eigenvalue weighted by Gasteiger charge is 2.26. The molecule has 4 nitrogen and oxygen atoms in total. The molecule has 0 radical (unpaired) electrons. The lowest BCUT2D eigenvalue weighted by molar-refractivity contribution is 0.0938. The van der Waals surface area contributed by atoms with Gasteiger partial charge in [-0.3, -0.25) is 9.69 Å². The van der Waals surface area contributed by atoms with Crippen LogP contribution in [0.2, 0.25) is 0 Å². The number of fused-ring (bicyclic) bond motifs is 1. The van der Waals surface area contributed by atoms with E-state index in [4.69, 9.17) is 4.42 Å². The molecule has 3 aromatic rings. The Bertz CT molecular complexity index is 869. The van der Waals surface area contributed by atoms with E-state index in [-0.39, 0.29) is 17.8 Å². The molecule has 0 bridgehead atoms. The summed E-state index contributed by atoms with van der Waals surface area (Å²) in [7, 11) is 0. The van der Waals surface area contributed by atoms with Gasteiger partial charge in [-0.1, -0.05) is 0 Å². The van der Waals surface area contributed by atoms with E-state index in [1.54, 1.807) is 18.4 Å². The van der Waals surface area contributed by atoms with Crippen LogP contribution in [0, 0.1) is 5.82 Å². The van der Waals surface area contributed by atoms with Gasteiger partial charge in [-0.15, -0.1) is 11.3 Å². The summed E-state index contributed by atoms with van der Waals surface area (Å²) < 4.78 is 19.8. The van der Waals surface area contributed by atoms with Crippen LogP contribution < -0.4 is 5.32 Å². The van der Waals surface area contributed by atoms with Crippen LogP contribution in [0.15, 0.2) is 47.1 Å². The van der Waals surface area contributed by atoms with Crippen LogP contribution in [0.1, 0.15) is 34.3 Å². The topological polar surface area (TPSA) is 45.5 Å². The minimum absolute atomic E-state index is 0.0493. The van der Waals surface area contributed by atoms with Crippen LogP contribution in [0.5, 0.6) is 0 Å². The van der Waals surface area contributed by atoms with Crippen LogP contribution in [0.4, 0.5) is 4.39 Å². The van der Waals surface area contributed by atoms with Crippen molar-refractivity contribution < 1.29 is 13.6 Å². The summed E-state index contributed by atoms with van der Waals surface area (Å²) in [4.78, 5) is 15.5. The van der Waals surface area contributed by atoms with Gasteiger partial charge in [0.1, 0.15) is 11.6 Å². The Hall–Kier alpha value is -2.18. The Balaban J connectivity index is 1.48. The molecular weight excluding hydrogens is 339 g/mol. The van der Waals surface area contributed by atoms with Gasteiger partial charge in [0.2, 0.25) is 0 Å². The Morgan fingerprint density at radius 2 is 2.12 bits per heavy atom. The lowest BCUT2D eigenvalue weighted by atomic mass is 10.2. The van der Waals surface area contributed by atoms with E-state index in [1.165, 1.54) is 36.3 Å². The Morgan fingerprint density at radius 3 is 2.88 bits per heavy atom. The summed E-state index contributed by atoms with van der Waals surface area (Å²) in [6.07, 6.45) is 4.01. The van der Waals surface area contributed by atoms with Gasteiger partial charge in [0, 0.05) is 11.2 Å². The molecule has 2 aromatic heterocycles. The van der Waals surface area contributed by atoms with E-state index in [0.717, 1.165) is 28.9 Å². The number of carbonyl (C=O) groups excluding carboxylic acids is 1. The number of nitrogens with zero attached hydrogens (tertiary/aromatic N) is 1. The van der Waals surface area contributed by atoms with Crippen molar-refractivity contribution in [1.29, 1.82) is 0 Å². The third-order valence-corrected chi connectivity index (χ3v) is 5.73. The number of amides is 1. The number of thiophene rings is 1. The maximum absolute atomic E-state index is 13.3. The number of benzene rings is 1. The van der Waals surface area contributed by atoms with E-state index >= 15 is 0 Å². The van der Waals surface area contributed by atoms with Gasteiger partial charge >= 0.3 is 0 Å². The van der Waals surface area contributed by atoms with E-state index in [0.29, 0.717) is 11.4 Å². The van der Waals surface area contributed by atoms with Crippen LogP contribution in [-0.2, 0) is 0 Å². The van der Waals surface area contributed by atoms with Gasteiger partial charge in [-0.2, -0.15) is 0 Å². The fourth-order valence-corrected chi connectivity index (χ4v) is 4.31. The van der Waals surface area contributed by atoms with Crippen LogP contribution in [0.3, 0.4) is 0 Å². The van der Waals surface area contributed by atoms with Crippen LogP contribution in [-0.4, -0.2) is 30.4 Å². The van der Waals surface area contributed by atoms with E-state index in [2.05, 4.69) is 10.2 Å². The van der Waals surface area contributed by atoms with Crippen LogP contribution >= 0.6 is 11.3 Å². The maximum atomic E-state index is 13.3. The standard InChI is InChI=1S/C19H19FN2O2S/c20-14-5-6-17-13(10-14)11-18(25-17)19(23)21-12-15(16-4-3-9-24-16)22-7-1-2-8-22/h3-6,9-11,15H,1-2,7-8,12H2,(H,21,23). The first-order valence-electron chi connectivity index (χ1n) is 8.45. The Kier molecular flexibility index (Phi) is 4.55.